The van der Waals surface area contributed by atoms with Crippen LogP contribution in [0.3, 0.4) is 0 Å². The van der Waals surface area contributed by atoms with Crippen LogP contribution < -0.4 is 0 Å². The Morgan fingerprint density at radius 3 is 2.42 bits per heavy atom. The van der Waals surface area contributed by atoms with Gasteiger partial charge in [0, 0.05) is 6.42 Å². The zero-order valence-electron chi connectivity index (χ0n) is 7.33. The van der Waals surface area contributed by atoms with Gasteiger partial charge in [0.25, 0.3) is 0 Å². The maximum atomic E-state index is 10.6. The fraction of sp³-hybridized carbons (Fsp3) is 0.625. The van der Waals surface area contributed by atoms with E-state index in [4.69, 9.17) is 0 Å². The standard InChI is InChI=1S/C8H13O4/c1-11-7(9)5-3-4-6-8(10)12-2/h5H,3-4,6H2,1-2H3. The molecule has 0 atom stereocenters. The second-order valence-corrected chi connectivity index (χ2v) is 2.20. The first-order valence-corrected chi connectivity index (χ1v) is 3.68. The number of methoxy groups -OCH3 is 2. The number of esters is 2. The Kier molecular flexibility index (Phi) is 6.05. The summed E-state index contributed by atoms with van der Waals surface area (Å²) in [6, 6.07) is 0. The summed E-state index contributed by atoms with van der Waals surface area (Å²) in [5.41, 5.74) is 0. The topological polar surface area (TPSA) is 52.6 Å². The van der Waals surface area contributed by atoms with Crippen LogP contribution in [0.1, 0.15) is 19.3 Å². The predicted octanol–water partition coefficient (Wildman–Crippen LogP) is 0.707. The molecular weight excluding hydrogens is 160 g/mol. The van der Waals surface area contributed by atoms with Gasteiger partial charge in [-0.15, -0.1) is 0 Å². The van der Waals surface area contributed by atoms with Gasteiger partial charge in [-0.3, -0.25) is 9.59 Å². The second-order valence-electron chi connectivity index (χ2n) is 2.20. The first-order valence-electron chi connectivity index (χ1n) is 3.68. The van der Waals surface area contributed by atoms with Gasteiger partial charge in [0.05, 0.1) is 20.6 Å². The molecule has 0 saturated heterocycles. The Hall–Kier alpha value is -1.06. The SMILES string of the molecule is COC(=O)[CH]CCCC(=O)OC. The summed E-state index contributed by atoms with van der Waals surface area (Å²) >= 11 is 0. The molecule has 0 saturated carbocycles. The van der Waals surface area contributed by atoms with E-state index in [0.717, 1.165) is 0 Å². The van der Waals surface area contributed by atoms with E-state index in [0.29, 0.717) is 19.3 Å². The molecule has 4 nitrogen and oxygen atoms in total. The summed E-state index contributed by atoms with van der Waals surface area (Å²) in [6.45, 7) is 0. The number of hydrogen-bond acceptors (Lipinski definition) is 4. The lowest BCUT2D eigenvalue weighted by molar-refractivity contribution is -0.141. The van der Waals surface area contributed by atoms with Gasteiger partial charge in [0.2, 0.25) is 0 Å². The molecule has 12 heavy (non-hydrogen) atoms. The Balaban J connectivity index is 3.21. The summed E-state index contributed by atoms with van der Waals surface area (Å²) in [5, 5.41) is 0. The second kappa shape index (κ2) is 6.64. The van der Waals surface area contributed by atoms with Crippen molar-refractivity contribution in [2.75, 3.05) is 14.2 Å². The Bertz CT molecular complexity index is 135. The van der Waals surface area contributed by atoms with Gasteiger partial charge in [-0.25, -0.2) is 0 Å². The van der Waals surface area contributed by atoms with Crippen LogP contribution in [0.4, 0.5) is 0 Å². The summed E-state index contributed by atoms with van der Waals surface area (Å²) in [5.74, 6) is -0.617. The van der Waals surface area contributed by atoms with Crippen molar-refractivity contribution in [3.05, 3.63) is 6.42 Å². The zero-order valence-corrected chi connectivity index (χ0v) is 7.33. The first kappa shape index (κ1) is 10.9. The third-order valence-electron chi connectivity index (χ3n) is 1.32. The highest BCUT2D eigenvalue weighted by molar-refractivity contribution is 5.78. The number of carbonyl (C=O) groups is 2. The van der Waals surface area contributed by atoms with E-state index >= 15 is 0 Å². The largest absolute Gasteiger partial charge is 0.469 e. The van der Waals surface area contributed by atoms with Crippen molar-refractivity contribution in [3.63, 3.8) is 0 Å². The number of rotatable bonds is 5. The first-order chi connectivity index (χ1) is 5.70. The van der Waals surface area contributed by atoms with Gasteiger partial charge < -0.3 is 9.47 Å². The van der Waals surface area contributed by atoms with Gasteiger partial charge in [0.15, 0.2) is 0 Å². The molecular formula is C8H13O4. The smallest absolute Gasteiger partial charge is 0.309 e. The molecule has 0 aliphatic heterocycles. The molecule has 0 heterocycles. The molecule has 0 N–H and O–H groups in total. The van der Waals surface area contributed by atoms with Crippen LogP contribution in [0.2, 0.25) is 0 Å². The minimum atomic E-state index is -0.361. The lowest BCUT2D eigenvalue weighted by Gasteiger charge is -1.98. The summed E-state index contributed by atoms with van der Waals surface area (Å²) in [4.78, 5) is 21.1. The summed E-state index contributed by atoms with van der Waals surface area (Å²) in [7, 11) is 2.66. The molecule has 0 rings (SSSR count). The van der Waals surface area contributed by atoms with Gasteiger partial charge in [-0.05, 0) is 12.8 Å². The maximum Gasteiger partial charge on any atom is 0.309 e. The molecule has 0 bridgehead atoms. The van der Waals surface area contributed by atoms with Crippen LogP contribution in [-0.2, 0) is 19.1 Å². The summed E-state index contributed by atoms with van der Waals surface area (Å²) in [6.07, 6.45) is 2.90. The van der Waals surface area contributed by atoms with Crippen molar-refractivity contribution in [3.8, 4) is 0 Å². The van der Waals surface area contributed by atoms with Gasteiger partial charge in [-0.1, -0.05) is 0 Å². The molecule has 0 aromatic heterocycles. The van der Waals surface area contributed by atoms with Crippen molar-refractivity contribution in [1.82, 2.24) is 0 Å². The number of unbranched alkanes of at least 4 members (excludes halogenated alkanes) is 1. The third kappa shape index (κ3) is 5.70. The van der Waals surface area contributed by atoms with E-state index < -0.39 is 0 Å². The average Bonchev–Trinajstić information content (AvgIpc) is 2.11. The highest BCUT2D eigenvalue weighted by atomic mass is 16.5. The Morgan fingerprint density at radius 2 is 1.92 bits per heavy atom. The zero-order chi connectivity index (χ0) is 9.40. The minimum absolute atomic E-state index is 0.256. The highest BCUT2D eigenvalue weighted by Crippen LogP contribution is 2.00. The maximum absolute atomic E-state index is 10.6. The Labute approximate surface area is 71.8 Å². The van der Waals surface area contributed by atoms with E-state index in [-0.39, 0.29) is 11.9 Å². The lowest BCUT2D eigenvalue weighted by atomic mass is 10.2. The van der Waals surface area contributed by atoms with Gasteiger partial charge >= 0.3 is 11.9 Å². The molecule has 0 unspecified atom stereocenters. The molecule has 0 fully saturated rings. The molecule has 1 radical (unpaired) electrons. The number of ether oxygens (including phenoxy) is 2. The van der Waals surface area contributed by atoms with E-state index in [1.807, 2.05) is 0 Å². The van der Waals surface area contributed by atoms with Crippen LogP contribution in [0.25, 0.3) is 0 Å². The van der Waals surface area contributed by atoms with Crippen LogP contribution >= 0.6 is 0 Å². The molecule has 4 heteroatoms. The molecule has 0 aromatic rings. The number of carbonyl (C=O) groups excluding carboxylic acids is 2. The normalized spacial score (nSPS) is 9.17. The van der Waals surface area contributed by atoms with Crippen molar-refractivity contribution in [1.29, 1.82) is 0 Å². The van der Waals surface area contributed by atoms with Crippen LogP contribution in [-0.4, -0.2) is 26.2 Å². The molecule has 69 valence electrons. The molecule has 0 spiro atoms. The molecule has 0 aliphatic carbocycles. The van der Waals surface area contributed by atoms with E-state index in [1.54, 1.807) is 0 Å². The van der Waals surface area contributed by atoms with Crippen molar-refractivity contribution in [2.45, 2.75) is 19.3 Å². The minimum Gasteiger partial charge on any atom is -0.469 e. The van der Waals surface area contributed by atoms with E-state index in [2.05, 4.69) is 9.47 Å². The van der Waals surface area contributed by atoms with Gasteiger partial charge in [-0.2, -0.15) is 0 Å². The van der Waals surface area contributed by atoms with Gasteiger partial charge in [0.1, 0.15) is 0 Å². The summed E-state index contributed by atoms with van der Waals surface area (Å²) < 4.78 is 8.79. The molecule has 0 amide bonds. The van der Waals surface area contributed by atoms with E-state index in [1.165, 1.54) is 20.6 Å². The lowest BCUT2D eigenvalue weighted by Crippen LogP contribution is -2.03. The highest BCUT2D eigenvalue weighted by Gasteiger charge is 2.03. The average molecular weight is 173 g/mol. The number of hydrogen-bond donors (Lipinski definition) is 0. The fourth-order valence-electron chi connectivity index (χ4n) is 0.652. The van der Waals surface area contributed by atoms with Crippen LogP contribution in [0.5, 0.6) is 0 Å². The van der Waals surface area contributed by atoms with Crippen molar-refractivity contribution >= 4 is 11.9 Å². The monoisotopic (exact) mass is 173 g/mol. The quantitative estimate of drug-likeness (QED) is 0.453. The molecule has 0 aliphatic rings. The van der Waals surface area contributed by atoms with Crippen molar-refractivity contribution < 1.29 is 19.1 Å². The fourth-order valence-corrected chi connectivity index (χ4v) is 0.652. The van der Waals surface area contributed by atoms with Crippen LogP contribution in [0.15, 0.2) is 0 Å². The predicted molar refractivity (Wildman–Crippen MR) is 42.2 cm³/mol. The molecule has 0 aromatic carbocycles. The van der Waals surface area contributed by atoms with E-state index in [9.17, 15) is 9.59 Å². The van der Waals surface area contributed by atoms with Crippen LogP contribution in [0, 0.1) is 6.42 Å². The van der Waals surface area contributed by atoms with Crippen molar-refractivity contribution in [2.24, 2.45) is 0 Å². The third-order valence-corrected chi connectivity index (χ3v) is 1.32. The Morgan fingerprint density at radius 1 is 1.25 bits per heavy atom.